The number of aromatic nitrogens is 3. The summed E-state index contributed by atoms with van der Waals surface area (Å²) in [5.74, 6) is 1.78. The van der Waals surface area contributed by atoms with Gasteiger partial charge in [-0.2, -0.15) is 0 Å². The van der Waals surface area contributed by atoms with Gasteiger partial charge in [0.15, 0.2) is 16.7 Å². The summed E-state index contributed by atoms with van der Waals surface area (Å²) in [4.78, 5) is 16.6. The molecule has 35 heavy (non-hydrogen) atoms. The van der Waals surface area contributed by atoms with E-state index in [1.54, 1.807) is 28.6 Å². The van der Waals surface area contributed by atoms with Crippen molar-refractivity contribution in [2.45, 2.75) is 11.7 Å². The summed E-state index contributed by atoms with van der Waals surface area (Å²) >= 11 is 1.28. The molecule has 2 aliphatic heterocycles. The van der Waals surface area contributed by atoms with E-state index in [0.717, 1.165) is 11.3 Å². The van der Waals surface area contributed by atoms with Gasteiger partial charge in [-0.3, -0.25) is 9.36 Å². The predicted octanol–water partition coefficient (Wildman–Crippen LogP) is 2.76. The van der Waals surface area contributed by atoms with Gasteiger partial charge < -0.3 is 24.0 Å². The van der Waals surface area contributed by atoms with Crippen LogP contribution >= 0.6 is 11.8 Å². The first-order valence-electron chi connectivity index (χ1n) is 11.4. The number of amides is 1. The van der Waals surface area contributed by atoms with Crippen molar-refractivity contribution >= 4 is 23.6 Å². The Morgan fingerprint density at radius 3 is 2.66 bits per heavy atom. The Hall–Kier alpha value is -3.31. The summed E-state index contributed by atoms with van der Waals surface area (Å²) < 4.78 is 32.5. The molecule has 1 fully saturated rings. The first kappa shape index (κ1) is 23.4. The molecule has 0 spiro atoms. The zero-order valence-corrected chi connectivity index (χ0v) is 20.2. The fourth-order valence-corrected chi connectivity index (χ4v) is 4.84. The highest BCUT2D eigenvalue weighted by molar-refractivity contribution is 7.99. The van der Waals surface area contributed by atoms with Gasteiger partial charge in [0.2, 0.25) is 11.9 Å². The highest BCUT2D eigenvalue weighted by Gasteiger charge is 2.23. The molecule has 2 aromatic carbocycles. The minimum Gasteiger partial charge on any atom is -0.486 e. The van der Waals surface area contributed by atoms with Crippen molar-refractivity contribution in [3.8, 4) is 17.2 Å². The first-order valence-corrected chi connectivity index (χ1v) is 12.4. The molecule has 1 saturated heterocycles. The van der Waals surface area contributed by atoms with Gasteiger partial charge in [0, 0.05) is 26.7 Å². The van der Waals surface area contributed by atoms with Crippen LogP contribution in [-0.2, 0) is 16.1 Å². The third kappa shape index (κ3) is 5.35. The number of anilines is 1. The van der Waals surface area contributed by atoms with E-state index >= 15 is 0 Å². The molecule has 0 saturated carbocycles. The molecule has 3 aromatic rings. The molecule has 1 amide bonds. The summed E-state index contributed by atoms with van der Waals surface area (Å²) in [5.41, 5.74) is 1.56. The molecule has 184 valence electrons. The van der Waals surface area contributed by atoms with Crippen molar-refractivity contribution in [2.75, 3.05) is 57.2 Å². The normalized spacial score (nSPS) is 15.2. The Morgan fingerprint density at radius 1 is 1.06 bits per heavy atom. The molecular weight excluding hydrogens is 473 g/mol. The Labute approximate surface area is 206 Å². The van der Waals surface area contributed by atoms with Crippen LogP contribution in [0.25, 0.3) is 5.69 Å². The van der Waals surface area contributed by atoms with Crippen molar-refractivity contribution < 1.29 is 23.4 Å². The molecule has 0 atom stereocenters. The fourth-order valence-electron chi connectivity index (χ4n) is 3.95. The smallest absolute Gasteiger partial charge is 0.233 e. The van der Waals surface area contributed by atoms with E-state index in [1.165, 1.54) is 23.9 Å². The van der Waals surface area contributed by atoms with Gasteiger partial charge in [0.25, 0.3) is 0 Å². The standard InChI is InChI=1S/C24H26FN5O4S/c1-28(15-17-5-6-20-21(13-17)34-12-11-33-20)22(31)16-35-24-27-26-23(29-7-9-32-10-8-29)30(24)19-4-2-3-18(25)14-19/h2-6,13-14H,7-12,15-16H2,1H3. The van der Waals surface area contributed by atoms with Gasteiger partial charge in [-0.05, 0) is 35.9 Å². The van der Waals surface area contributed by atoms with E-state index in [4.69, 9.17) is 14.2 Å². The molecule has 9 nitrogen and oxygen atoms in total. The monoisotopic (exact) mass is 499 g/mol. The highest BCUT2D eigenvalue weighted by Crippen LogP contribution is 2.31. The first-order chi connectivity index (χ1) is 17.1. The summed E-state index contributed by atoms with van der Waals surface area (Å²) in [6.07, 6.45) is 0. The quantitative estimate of drug-likeness (QED) is 0.459. The van der Waals surface area contributed by atoms with Crippen molar-refractivity contribution in [3.63, 3.8) is 0 Å². The van der Waals surface area contributed by atoms with Crippen LogP contribution in [0.2, 0.25) is 0 Å². The van der Waals surface area contributed by atoms with E-state index in [2.05, 4.69) is 15.1 Å². The number of rotatable bonds is 7. The van der Waals surface area contributed by atoms with Crippen LogP contribution in [0.4, 0.5) is 10.3 Å². The maximum Gasteiger partial charge on any atom is 0.233 e. The number of hydrogen-bond donors (Lipinski definition) is 0. The third-order valence-electron chi connectivity index (χ3n) is 5.75. The zero-order valence-electron chi connectivity index (χ0n) is 19.4. The average Bonchev–Trinajstić information content (AvgIpc) is 3.31. The third-order valence-corrected chi connectivity index (χ3v) is 6.67. The highest BCUT2D eigenvalue weighted by atomic mass is 32.2. The second kappa shape index (κ2) is 10.5. The van der Waals surface area contributed by atoms with Crippen molar-refractivity contribution in [2.24, 2.45) is 0 Å². The summed E-state index contributed by atoms with van der Waals surface area (Å²) in [6, 6.07) is 12.0. The maximum absolute atomic E-state index is 14.0. The molecule has 11 heteroatoms. The lowest BCUT2D eigenvalue weighted by molar-refractivity contribution is -0.127. The number of ether oxygens (including phenoxy) is 3. The zero-order chi connectivity index (χ0) is 24.2. The van der Waals surface area contributed by atoms with Gasteiger partial charge in [-0.1, -0.05) is 23.9 Å². The van der Waals surface area contributed by atoms with E-state index in [0.29, 0.717) is 68.6 Å². The van der Waals surface area contributed by atoms with Crippen LogP contribution in [0.3, 0.4) is 0 Å². The second-order valence-electron chi connectivity index (χ2n) is 8.21. The largest absolute Gasteiger partial charge is 0.486 e. The van der Waals surface area contributed by atoms with Gasteiger partial charge in [-0.15, -0.1) is 10.2 Å². The molecule has 0 radical (unpaired) electrons. The van der Waals surface area contributed by atoms with Crippen LogP contribution in [0.1, 0.15) is 5.56 Å². The van der Waals surface area contributed by atoms with E-state index in [1.807, 2.05) is 18.2 Å². The number of halogens is 1. The van der Waals surface area contributed by atoms with Gasteiger partial charge in [-0.25, -0.2) is 4.39 Å². The second-order valence-corrected chi connectivity index (χ2v) is 9.16. The van der Waals surface area contributed by atoms with Crippen molar-refractivity contribution in [1.82, 2.24) is 19.7 Å². The Balaban J connectivity index is 1.29. The van der Waals surface area contributed by atoms with Crippen molar-refractivity contribution in [1.29, 1.82) is 0 Å². The lowest BCUT2D eigenvalue weighted by Crippen LogP contribution is -2.37. The van der Waals surface area contributed by atoms with Crippen LogP contribution in [0, 0.1) is 5.82 Å². The molecule has 2 aliphatic rings. The van der Waals surface area contributed by atoms with Gasteiger partial charge >= 0.3 is 0 Å². The molecule has 0 aliphatic carbocycles. The lowest BCUT2D eigenvalue weighted by Gasteiger charge is -2.28. The predicted molar refractivity (Wildman–Crippen MR) is 129 cm³/mol. The molecule has 5 rings (SSSR count). The Bertz CT molecular complexity index is 1200. The summed E-state index contributed by atoms with van der Waals surface area (Å²) in [7, 11) is 1.76. The summed E-state index contributed by atoms with van der Waals surface area (Å²) in [5, 5.41) is 9.22. The van der Waals surface area contributed by atoms with Crippen LogP contribution in [0.15, 0.2) is 47.6 Å². The van der Waals surface area contributed by atoms with Crippen molar-refractivity contribution in [3.05, 3.63) is 53.8 Å². The molecular formula is C24H26FN5O4S. The SMILES string of the molecule is CN(Cc1ccc2c(c1)OCCO2)C(=O)CSc1nnc(N2CCOCC2)n1-c1cccc(F)c1. The van der Waals surface area contributed by atoms with Crippen LogP contribution in [0.5, 0.6) is 11.5 Å². The van der Waals surface area contributed by atoms with Crippen LogP contribution in [-0.4, -0.2) is 77.9 Å². The average molecular weight is 500 g/mol. The topological polar surface area (TPSA) is 82.0 Å². The van der Waals surface area contributed by atoms with Gasteiger partial charge in [0.05, 0.1) is 24.7 Å². The van der Waals surface area contributed by atoms with E-state index in [-0.39, 0.29) is 17.5 Å². The Morgan fingerprint density at radius 2 is 1.86 bits per heavy atom. The minimum absolute atomic E-state index is 0.0633. The number of thioether (sulfide) groups is 1. The number of nitrogens with zero attached hydrogens (tertiary/aromatic N) is 5. The number of benzene rings is 2. The number of carbonyl (C=O) groups is 1. The number of hydrogen-bond acceptors (Lipinski definition) is 8. The van der Waals surface area contributed by atoms with E-state index in [9.17, 15) is 9.18 Å². The summed E-state index contributed by atoms with van der Waals surface area (Å²) in [6.45, 7) is 3.98. The molecule has 0 N–H and O–H groups in total. The van der Waals surface area contributed by atoms with E-state index < -0.39 is 0 Å². The van der Waals surface area contributed by atoms with Gasteiger partial charge in [0.1, 0.15) is 19.0 Å². The molecule has 3 heterocycles. The fraction of sp³-hybridized carbons (Fsp3) is 0.375. The lowest BCUT2D eigenvalue weighted by atomic mass is 10.2. The maximum atomic E-state index is 14.0. The minimum atomic E-state index is -0.352. The number of morpholine rings is 1. The number of fused-ring (bicyclic) bond motifs is 1. The molecule has 1 aromatic heterocycles. The number of carbonyl (C=O) groups excluding carboxylic acids is 1. The molecule has 0 unspecified atom stereocenters. The molecule has 0 bridgehead atoms. The van der Waals surface area contributed by atoms with Crippen LogP contribution < -0.4 is 14.4 Å². The Kier molecular flexibility index (Phi) is 7.05.